The van der Waals surface area contributed by atoms with Crippen LogP contribution in [-0.2, 0) is 9.47 Å². The second kappa shape index (κ2) is 8.86. The molecule has 0 aliphatic rings. The number of hydrogen-bond acceptors (Lipinski definition) is 5. The van der Waals surface area contributed by atoms with Gasteiger partial charge in [0.1, 0.15) is 12.4 Å². The molecule has 0 aliphatic carbocycles. The zero-order valence-corrected chi connectivity index (χ0v) is 9.60. The molecule has 0 atom stereocenters. The van der Waals surface area contributed by atoms with Crippen molar-refractivity contribution in [2.45, 2.75) is 0 Å². The normalized spacial score (nSPS) is 10.5. The molecule has 0 saturated carbocycles. The molecular formula is C11H17FN2O3. The van der Waals surface area contributed by atoms with Gasteiger partial charge in [0.2, 0.25) is 5.95 Å². The van der Waals surface area contributed by atoms with Crippen LogP contribution in [0.1, 0.15) is 0 Å². The summed E-state index contributed by atoms with van der Waals surface area (Å²) in [5.41, 5.74) is 5.25. The van der Waals surface area contributed by atoms with Gasteiger partial charge in [0.05, 0.1) is 26.4 Å². The largest absolute Gasteiger partial charge is 0.491 e. The minimum Gasteiger partial charge on any atom is -0.491 e. The Morgan fingerprint density at radius 3 is 2.53 bits per heavy atom. The highest BCUT2D eigenvalue weighted by atomic mass is 19.1. The predicted molar refractivity (Wildman–Crippen MR) is 60.4 cm³/mol. The molecule has 0 amide bonds. The first-order valence-corrected chi connectivity index (χ1v) is 5.43. The number of nitrogens with two attached hydrogens (primary N) is 1. The summed E-state index contributed by atoms with van der Waals surface area (Å²) < 4.78 is 28.3. The molecule has 1 rings (SSSR count). The fourth-order valence-electron chi connectivity index (χ4n) is 1.10. The Labute approximate surface area is 99.7 Å². The van der Waals surface area contributed by atoms with E-state index in [0.717, 1.165) is 0 Å². The first-order valence-electron chi connectivity index (χ1n) is 5.43. The van der Waals surface area contributed by atoms with E-state index in [2.05, 4.69) is 4.98 Å². The van der Waals surface area contributed by atoms with Crippen molar-refractivity contribution in [3.05, 3.63) is 24.3 Å². The summed E-state index contributed by atoms with van der Waals surface area (Å²) >= 11 is 0. The van der Waals surface area contributed by atoms with E-state index in [-0.39, 0.29) is 0 Å². The smallest absolute Gasteiger partial charge is 0.216 e. The monoisotopic (exact) mass is 244 g/mol. The second-order valence-electron chi connectivity index (χ2n) is 3.18. The van der Waals surface area contributed by atoms with E-state index >= 15 is 0 Å². The Kier molecular flexibility index (Phi) is 7.20. The van der Waals surface area contributed by atoms with Crippen LogP contribution in [0.4, 0.5) is 4.39 Å². The maximum Gasteiger partial charge on any atom is 0.216 e. The summed E-state index contributed by atoms with van der Waals surface area (Å²) in [6.07, 6.45) is 1.35. The quantitative estimate of drug-likeness (QED) is 0.508. The molecule has 0 spiro atoms. The van der Waals surface area contributed by atoms with Gasteiger partial charge in [0, 0.05) is 18.8 Å². The molecule has 96 valence electrons. The molecule has 0 bridgehead atoms. The minimum atomic E-state index is -0.557. The van der Waals surface area contributed by atoms with E-state index in [4.69, 9.17) is 19.9 Å². The average Bonchev–Trinajstić information content (AvgIpc) is 2.33. The van der Waals surface area contributed by atoms with Crippen molar-refractivity contribution in [2.75, 3.05) is 39.6 Å². The van der Waals surface area contributed by atoms with Gasteiger partial charge in [-0.1, -0.05) is 0 Å². The minimum absolute atomic E-state index is 0.361. The molecule has 0 saturated heterocycles. The van der Waals surface area contributed by atoms with Crippen LogP contribution in [0.15, 0.2) is 18.3 Å². The Morgan fingerprint density at radius 2 is 1.82 bits per heavy atom. The average molecular weight is 244 g/mol. The van der Waals surface area contributed by atoms with Crippen molar-refractivity contribution < 1.29 is 18.6 Å². The summed E-state index contributed by atoms with van der Waals surface area (Å²) in [6.45, 7) is 2.85. The second-order valence-corrected chi connectivity index (χ2v) is 3.18. The highest BCUT2D eigenvalue weighted by Crippen LogP contribution is 2.09. The molecule has 0 aromatic carbocycles. The van der Waals surface area contributed by atoms with Gasteiger partial charge in [0.15, 0.2) is 0 Å². The number of aromatic nitrogens is 1. The Balaban J connectivity index is 1.97. The first-order chi connectivity index (χ1) is 8.33. The van der Waals surface area contributed by atoms with Crippen LogP contribution >= 0.6 is 0 Å². The SMILES string of the molecule is NCCOCCOCCOc1ccnc(F)c1. The van der Waals surface area contributed by atoms with Crippen LogP contribution in [-0.4, -0.2) is 44.6 Å². The molecule has 17 heavy (non-hydrogen) atoms. The molecule has 6 heteroatoms. The molecule has 1 aromatic rings. The molecular weight excluding hydrogens is 227 g/mol. The van der Waals surface area contributed by atoms with Crippen molar-refractivity contribution in [2.24, 2.45) is 5.73 Å². The topological polar surface area (TPSA) is 66.6 Å². The van der Waals surface area contributed by atoms with Gasteiger partial charge in [0.25, 0.3) is 0 Å². The van der Waals surface area contributed by atoms with E-state index in [1.807, 2.05) is 0 Å². The van der Waals surface area contributed by atoms with E-state index in [0.29, 0.717) is 45.3 Å². The summed E-state index contributed by atoms with van der Waals surface area (Å²) in [5.74, 6) is -0.112. The fourth-order valence-corrected chi connectivity index (χ4v) is 1.10. The summed E-state index contributed by atoms with van der Waals surface area (Å²) in [6, 6.07) is 2.82. The van der Waals surface area contributed by atoms with E-state index < -0.39 is 5.95 Å². The molecule has 0 fully saturated rings. The Hall–Kier alpha value is -1.24. The number of hydrogen-bond donors (Lipinski definition) is 1. The third kappa shape index (κ3) is 6.83. The van der Waals surface area contributed by atoms with Gasteiger partial charge in [-0.15, -0.1) is 0 Å². The van der Waals surface area contributed by atoms with Crippen molar-refractivity contribution in [3.63, 3.8) is 0 Å². The number of nitrogens with zero attached hydrogens (tertiary/aromatic N) is 1. The molecule has 2 N–H and O–H groups in total. The zero-order valence-electron chi connectivity index (χ0n) is 9.60. The highest BCUT2D eigenvalue weighted by molar-refractivity contribution is 5.17. The van der Waals surface area contributed by atoms with Gasteiger partial charge in [-0.25, -0.2) is 4.98 Å². The molecule has 1 aromatic heterocycles. The molecule has 0 unspecified atom stereocenters. The van der Waals surface area contributed by atoms with Crippen LogP contribution in [0, 0.1) is 5.95 Å². The fraction of sp³-hybridized carbons (Fsp3) is 0.545. The van der Waals surface area contributed by atoms with Gasteiger partial charge in [-0.05, 0) is 6.07 Å². The maximum absolute atomic E-state index is 12.7. The lowest BCUT2D eigenvalue weighted by Crippen LogP contribution is -2.14. The van der Waals surface area contributed by atoms with Crippen LogP contribution in [0.2, 0.25) is 0 Å². The molecule has 0 aliphatic heterocycles. The van der Waals surface area contributed by atoms with Crippen LogP contribution < -0.4 is 10.5 Å². The number of pyridine rings is 1. The lowest BCUT2D eigenvalue weighted by Gasteiger charge is -2.07. The van der Waals surface area contributed by atoms with E-state index in [9.17, 15) is 4.39 Å². The number of rotatable bonds is 9. The van der Waals surface area contributed by atoms with Crippen molar-refractivity contribution in [1.82, 2.24) is 4.98 Å². The van der Waals surface area contributed by atoms with Crippen LogP contribution in [0.3, 0.4) is 0 Å². The van der Waals surface area contributed by atoms with Gasteiger partial charge in [-0.3, -0.25) is 0 Å². The summed E-state index contributed by atoms with van der Waals surface area (Å²) in [5, 5.41) is 0. The van der Waals surface area contributed by atoms with Gasteiger partial charge >= 0.3 is 0 Å². The Morgan fingerprint density at radius 1 is 1.12 bits per heavy atom. The molecule has 1 heterocycles. The Bertz CT molecular complexity index is 313. The van der Waals surface area contributed by atoms with Crippen molar-refractivity contribution in [1.29, 1.82) is 0 Å². The third-order valence-electron chi connectivity index (χ3n) is 1.83. The summed E-state index contributed by atoms with van der Waals surface area (Å²) in [7, 11) is 0. The third-order valence-corrected chi connectivity index (χ3v) is 1.83. The van der Waals surface area contributed by atoms with Gasteiger partial charge in [-0.2, -0.15) is 4.39 Å². The highest BCUT2D eigenvalue weighted by Gasteiger charge is 1.96. The van der Waals surface area contributed by atoms with Crippen LogP contribution in [0.25, 0.3) is 0 Å². The predicted octanol–water partition coefficient (Wildman–Crippen LogP) is 0.591. The summed E-state index contributed by atoms with van der Waals surface area (Å²) in [4.78, 5) is 3.42. The zero-order chi connectivity index (χ0) is 12.3. The van der Waals surface area contributed by atoms with Gasteiger partial charge < -0.3 is 19.9 Å². The van der Waals surface area contributed by atoms with E-state index in [1.54, 1.807) is 6.07 Å². The van der Waals surface area contributed by atoms with Crippen LogP contribution in [0.5, 0.6) is 5.75 Å². The lowest BCUT2D eigenvalue weighted by atomic mass is 10.4. The lowest BCUT2D eigenvalue weighted by molar-refractivity contribution is 0.0387. The number of ether oxygens (including phenoxy) is 3. The van der Waals surface area contributed by atoms with Crippen molar-refractivity contribution in [3.8, 4) is 5.75 Å². The standard InChI is InChI=1S/C11H17FN2O3/c12-11-9-10(1-3-14-11)17-8-7-16-6-5-15-4-2-13/h1,3,9H,2,4-8,13H2. The molecule has 0 radical (unpaired) electrons. The maximum atomic E-state index is 12.7. The first kappa shape index (κ1) is 13.8. The number of halogens is 1. The van der Waals surface area contributed by atoms with E-state index in [1.165, 1.54) is 12.3 Å². The molecule has 5 nitrogen and oxygen atoms in total. The van der Waals surface area contributed by atoms with Crippen molar-refractivity contribution >= 4 is 0 Å².